The number of hydrogen-bond donors (Lipinski definition) is 0. The zero-order chi connectivity index (χ0) is 9.87. The second-order valence-corrected chi connectivity index (χ2v) is 5.05. The van der Waals surface area contributed by atoms with Crippen molar-refractivity contribution in [2.24, 2.45) is 11.8 Å². The van der Waals surface area contributed by atoms with Crippen molar-refractivity contribution in [1.29, 1.82) is 0 Å². The third kappa shape index (κ3) is 0.935. The summed E-state index contributed by atoms with van der Waals surface area (Å²) in [5.74, 6) is 1.55. The van der Waals surface area contributed by atoms with E-state index in [2.05, 4.69) is 41.9 Å². The Morgan fingerprint density at radius 1 is 1.29 bits per heavy atom. The van der Waals surface area contributed by atoms with Crippen LogP contribution in [0, 0.1) is 11.8 Å². The molecular weight excluding hydrogens is 289 g/mol. The molecular formula is C11H10INO. The largest absolute Gasteiger partial charge is 0.273 e. The first kappa shape index (κ1) is 8.71. The SMILES string of the molecule is CC1C2c3ccccc3N(I)C(=O)[C@@H]12. The lowest BCUT2D eigenvalue weighted by atomic mass is 10.0. The van der Waals surface area contributed by atoms with Crippen LogP contribution >= 0.6 is 22.9 Å². The van der Waals surface area contributed by atoms with Crippen molar-refractivity contribution in [1.82, 2.24) is 0 Å². The Kier molecular flexibility index (Phi) is 1.69. The van der Waals surface area contributed by atoms with Crippen LogP contribution in [-0.2, 0) is 4.79 Å². The minimum atomic E-state index is 0.252. The molecule has 0 bridgehead atoms. The van der Waals surface area contributed by atoms with E-state index in [0.29, 0.717) is 11.8 Å². The molecule has 14 heavy (non-hydrogen) atoms. The van der Waals surface area contributed by atoms with Crippen LogP contribution in [0.1, 0.15) is 18.4 Å². The Morgan fingerprint density at radius 2 is 2.00 bits per heavy atom. The maximum Gasteiger partial charge on any atom is 0.239 e. The minimum absolute atomic E-state index is 0.252. The molecule has 1 aromatic carbocycles. The molecule has 0 saturated heterocycles. The third-order valence-corrected chi connectivity index (χ3v) is 4.36. The predicted molar refractivity (Wildman–Crippen MR) is 63.3 cm³/mol. The van der Waals surface area contributed by atoms with Gasteiger partial charge in [-0.1, -0.05) is 25.1 Å². The van der Waals surface area contributed by atoms with Crippen LogP contribution < -0.4 is 3.11 Å². The van der Waals surface area contributed by atoms with Gasteiger partial charge in [0.1, 0.15) is 0 Å². The number of rotatable bonds is 0. The normalized spacial score (nSPS) is 33.7. The lowest BCUT2D eigenvalue weighted by Crippen LogP contribution is -2.26. The van der Waals surface area contributed by atoms with E-state index in [1.54, 1.807) is 3.11 Å². The third-order valence-electron chi connectivity index (χ3n) is 3.36. The zero-order valence-corrected chi connectivity index (χ0v) is 9.93. The van der Waals surface area contributed by atoms with Gasteiger partial charge in [-0.15, -0.1) is 0 Å². The Morgan fingerprint density at radius 3 is 2.79 bits per heavy atom. The summed E-state index contributed by atoms with van der Waals surface area (Å²) in [5, 5.41) is 0. The number of nitrogens with zero attached hydrogens (tertiary/aromatic N) is 1. The molecule has 72 valence electrons. The fraction of sp³-hybridized carbons (Fsp3) is 0.364. The van der Waals surface area contributed by atoms with Gasteiger partial charge >= 0.3 is 0 Å². The summed E-state index contributed by atoms with van der Waals surface area (Å²) in [6.45, 7) is 2.17. The molecule has 0 aromatic heterocycles. The van der Waals surface area contributed by atoms with Crippen LogP contribution in [0.3, 0.4) is 0 Å². The lowest BCUT2D eigenvalue weighted by Gasteiger charge is -2.22. The zero-order valence-electron chi connectivity index (χ0n) is 7.77. The molecule has 0 spiro atoms. The van der Waals surface area contributed by atoms with E-state index in [4.69, 9.17) is 0 Å². The highest BCUT2D eigenvalue weighted by molar-refractivity contribution is 14.1. The van der Waals surface area contributed by atoms with E-state index in [-0.39, 0.29) is 11.8 Å². The number of anilines is 1. The van der Waals surface area contributed by atoms with Crippen molar-refractivity contribution in [3.63, 3.8) is 0 Å². The van der Waals surface area contributed by atoms with Crippen LogP contribution in [0.2, 0.25) is 0 Å². The molecule has 1 aliphatic carbocycles. The highest BCUT2D eigenvalue weighted by Gasteiger charge is 2.57. The van der Waals surface area contributed by atoms with Gasteiger partial charge in [0.2, 0.25) is 5.91 Å². The van der Waals surface area contributed by atoms with Gasteiger partial charge in [0.15, 0.2) is 0 Å². The van der Waals surface area contributed by atoms with Gasteiger partial charge in [-0.05, 0) is 17.5 Å². The second kappa shape index (κ2) is 2.72. The number of hydrogen-bond acceptors (Lipinski definition) is 1. The van der Waals surface area contributed by atoms with Crippen LogP contribution in [0.5, 0.6) is 0 Å². The molecule has 0 radical (unpaired) electrons. The molecule has 1 aliphatic heterocycles. The van der Waals surface area contributed by atoms with Crippen LogP contribution in [0.15, 0.2) is 24.3 Å². The average molecular weight is 299 g/mol. The number of halogens is 1. The Balaban J connectivity index is 2.18. The molecule has 1 aromatic rings. The molecule has 2 unspecified atom stereocenters. The van der Waals surface area contributed by atoms with Gasteiger partial charge in [-0.3, -0.25) is 7.91 Å². The molecule has 1 saturated carbocycles. The molecule has 1 fully saturated rings. The maximum absolute atomic E-state index is 11.9. The Hall–Kier alpha value is -0.580. The molecule has 1 amide bonds. The minimum Gasteiger partial charge on any atom is -0.273 e. The van der Waals surface area contributed by atoms with E-state index < -0.39 is 0 Å². The Labute approximate surface area is 96.8 Å². The molecule has 3 heteroatoms. The number of para-hydroxylation sites is 1. The molecule has 3 atom stereocenters. The highest BCUT2D eigenvalue weighted by atomic mass is 127. The topological polar surface area (TPSA) is 20.3 Å². The van der Waals surface area contributed by atoms with E-state index in [0.717, 1.165) is 5.69 Å². The summed E-state index contributed by atoms with van der Waals surface area (Å²) in [4.78, 5) is 11.9. The molecule has 0 N–H and O–H groups in total. The smallest absolute Gasteiger partial charge is 0.239 e. The first-order chi connectivity index (χ1) is 6.72. The highest BCUT2D eigenvalue weighted by Crippen LogP contribution is 2.60. The van der Waals surface area contributed by atoms with E-state index >= 15 is 0 Å². The summed E-state index contributed by atoms with van der Waals surface area (Å²) < 4.78 is 1.78. The van der Waals surface area contributed by atoms with E-state index in [9.17, 15) is 4.79 Å². The summed E-state index contributed by atoms with van der Waals surface area (Å²) >= 11 is 2.11. The van der Waals surface area contributed by atoms with Crippen molar-refractivity contribution in [2.45, 2.75) is 12.8 Å². The fourth-order valence-electron chi connectivity index (χ4n) is 2.52. The van der Waals surface area contributed by atoms with Crippen LogP contribution in [0.25, 0.3) is 0 Å². The van der Waals surface area contributed by atoms with Gasteiger partial charge in [0.25, 0.3) is 0 Å². The first-order valence-corrected chi connectivity index (χ1v) is 5.77. The fourth-order valence-corrected chi connectivity index (χ4v) is 3.28. The molecule has 2 aliphatic rings. The van der Waals surface area contributed by atoms with Crippen LogP contribution in [0.4, 0.5) is 5.69 Å². The van der Waals surface area contributed by atoms with Gasteiger partial charge in [0, 0.05) is 11.8 Å². The summed E-state index contributed by atoms with van der Waals surface area (Å²) in [5.41, 5.74) is 2.43. The average Bonchev–Trinajstić information content (AvgIpc) is 2.87. The Bertz CT molecular complexity index is 418. The lowest BCUT2D eigenvalue weighted by molar-refractivity contribution is -0.118. The van der Waals surface area contributed by atoms with Gasteiger partial charge in [-0.2, -0.15) is 0 Å². The number of benzene rings is 1. The number of amides is 1. The van der Waals surface area contributed by atoms with E-state index in [1.165, 1.54) is 5.56 Å². The van der Waals surface area contributed by atoms with Crippen molar-refractivity contribution in [2.75, 3.05) is 3.11 Å². The standard InChI is InChI=1S/C11H10INO/c1-6-9-7-4-2-3-5-8(7)13(12)11(14)10(6)9/h2-6,9-10H,1H3/t6?,9?,10-/m0/s1. The van der Waals surface area contributed by atoms with Crippen molar-refractivity contribution in [3.05, 3.63) is 29.8 Å². The van der Waals surface area contributed by atoms with Gasteiger partial charge in [0.05, 0.1) is 28.6 Å². The van der Waals surface area contributed by atoms with Crippen LogP contribution in [-0.4, -0.2) is 5.91 Å². The monoisotopic (exact) mass is 299 g/mol. The van der Waals surface area contributed by atoms with Gasteiger partial charge < -0.3 is 0 Å². The predicted octanol–water partition coefficient (Wildman–Crippen LogP) is 2.73. The first-order valence-electron chi connectivity index (χ1n) is 4.80. The number of carbonyl (C=O) groups is 1. The van der Waals surface area contributed by atoms with Crippen molar-refractivity contribution in [3.8, 4) is 0 Å². The summed E-state index contributed by atoms with van der Waals surface area (Å²) in [7, 11) is 0. The number of fused-ring (bicyclic) bond motifs is 3. The molecule has 1 heterocycles. The second-order valence-electron chi connectivity index (χ2n) is 4.09. The molecule has 2 nitrogen and oxygen atoms in total. The quantitative estimate of drug-likeness (QED) is 0.533. The molecule has 3 rings (SSSR count). The maximum atomic E-state index is 11.9. The number of carbonyl (C=O) groups excluding carboxylic acids is 1. The summed E-state index contributed by atoms with van der Waals surface area (Å²) in [6, 6.07) is 8.22. The summed E-state index contributed by atoms with van der Waals surface area (Å²) in [6.07, 6.45) is 0. The van der Waals surface area contributed by atoms with Crippen molar-refractivity contribution < 1.29 is 4.79 Å². The van der Waals surface area contributed by atoms with Gasteiger partial charge in [-0.25, -0.2) is 0 Å². The van der Waals surface area contributed by atoms with E-state index in [1.807, 2.05) is 12.1 Å². The van der Waals surface area contributed by atoms with Crippen molar-refractivity contribution >= 4 is 34.5 Å².